The van der Waals surface area contributed by atoms with E-state index in [1.54, 1.807) is 0 Å². The van der Waals surface area contributed by atoms with E-state index in [1.165, 1.54) is 0 Å². The Morgan fingerprint density at radius 3 is 2.40 bits per heavy atom. The van der Waals surface area contributed by atoms with E-state index in [-0.39, 0.29) is 5.57 Å². The van der Waals surface area contributed by atoms with Crippen molar-refractivity contribution in [1.82, 2.24) is 9.55 Å². The molecule has 2 heterocycles. The molecular formula is C12H16N2O9S2. The number of hydrogen-bond acceptors (Lipinski definition) is 9. The first-order valence-corrected chi connectivity index (χ1v) is 10.4. The van der Waals surface area contributed by atoms with Crippen molar-refractivity contribution in [2.45, 2.75) is 18.4 Å². The van der Waals surface area contributed by atoms with Crippen LogP contribution in [0.1, 0.15) is 6.23 Å². The molecule has 3 atom stereocenters. The number of aromatic nitrogens is 2. The lowest BCUT2D eigenvalue weighted by Gasteiger charge is -2.16. The fourth-order valence-corrected chi connectivity index (χ4v) is 3.19. The molecule has 140 valence electrons. The highest BCUT2D eigenvalue weighted by Gasteiger charge is 2.43. The van der Waals surface area contributed by atoms with Gasteiger partial charge >= 0.3 is 5.69 Å². The van der Waals surface area contributed by atoms with Crippen LogP contribution in [0, 0.1) is 0 Å². The van der Waals surface area contributed by atoms with Gasteiger partial charge in [-0.15, -0.1) is 0 Å². The van der Waals surface area contributed by atoms with Crippen molar-refractivity contribution in [3.8, 4) is 0 Å². The Balaban J connectivity index is 2.36. The van der Waals surface area contributed by atoms with Gasteiger partial charge in [0, 0.05) is 17.8 Å². The lowest BCUT2D eigenvalue weighted by atomic mass is 10.1. The molecule has 1 fully saturated rings. The van der Waals surface area contributed by atoms with Crippen molar-refractivity contribution < 1.29 is 29.9 Å². The Morgan fingerprint density at radius 1 is 1.24 bits per heavy atom. The number of nitrogens with one attached hydrogen (secondary N) is 1. The first-order valence-electron chi connectivity index (χ1n) is 6.76. The van der Waals surface area contributed by atoms with Crippen molar-refractivity contribution in [2.75, 3.05) is 19.1 Å². The third-order valence-electron chi connectivity index (χ3n) is 3.15. The van der Waals surface area contributed by atoms with Crippen molar-refractivity contribution in [3.05, 3.63) is 45.3 Å². The number of aromatic amines is 1. The highest BCUT2D eigenvalue weighted by Crippen LogP contribution is 2.35. The van der Waals surface area contributed by atoms with Gasteiger partial charge < -0.3 is 4.74 Å². The van der Waals surface area contributed by atoms with Gasteiger partial charge in [-0.2, -0.15) is 16.8 Å². The first kappa shape index (κ1) is 19.5. The van der Waals surface area contributed by atoms with Gasteiger partial charge in [0.05, 0.1) is 19.1 Å². The maximum absolute atomic E-state index is 11.9. The Kier molecular flexibility index (Phi) is 5.34. The van der Waals surface area contributed by atoms with Crippen LogP contribution in [-0.4, -0.2) is 57.7 Å². The summed E-state index contributed by atoms with van der Waals surface area (Å²) in [5, 5.41) is 0. The third-order valence-corrected chi connectivity index (χ3v) is 4.27. The van der Waals surface area contributed by atoms with E-state index in [4.69, 9.17) is 8.92 Å². The maximum atomic E-state index is 11.9. The molecule has 25 heavy (non-hydrogen) atoms. The summed E-state index contributed by atoms with van der Waals surface area (Å²) in [6.45, 7) is 3.12. The van der Waals surface area contributed by atoms with Crippen LogP contribution in [0.4, 0.5) is 0 Å². The number of nitrogens with zero attached hydrogens (tertiary/aromatic N) is 1. The highest BCUT2D eigenvalue weighted by atomic mass is 32.2. The summed E-state index contributed by atoms with van der Waals surface area (Å²) >= 11 is 0. The molecule has 0 radical (unpaired) electrons. The third kappa shape index (κ3) is 5.09. The Morgan fingerprint density at radius 2 is 1.88 bits per heavy atom. The van der Waals surface area contributed by atoms with Gasteiger partial charge in [0.1, 0.15) is 12.2 Å². The molecule has 0 aliphatic carbocycles. The van der Waals surface area contributed by atoms with Crippen molar-refractivity contribution in [2.24, 2.45) is 0 Å². The van der Waals surface area contributed by atoms with Crippen LogP contribution in [0.5, 0.6) is 0 Å². The molecule has 1 aliphatic heterocycles. The second kappa shape index (κ2) is 6.84. The Labute approximate surface area is 143 Å². The lowest BCUT2D eigenvalue weighted by Crippen LogP contribution is -2.32. The fourth-order valence-electron chi connectivity index (χ4n) is 2.19. The molecule has 1 aromatic heterocycles. The second-order valence-corrected chi connectivity index (χ2v) is 8.57. The normalized spacial score (nSPS) is 24.6. The average Bonchev–Trinajstić information content (AvgIpc) is 2.72. The van der Waals surface area contributed by atoms with E-state index in [2.05, 4.69) is 10.8 Å². The molecule has 0 aromatic carbocycles. The molecule has 0 amide bonds. The monoisotopic (exact) mass is 396 g/mol. The number of hydrogen-bond donors (Lipinski definition) is 1. The van der Waals surface area contributed by atoms with Crippen LogP contribution in [0.25, 0.3) is 0 Å². The first-order chi connectivity index (χ1) is 11.4. The van der Waals surface area contributed by atoms with Crippen LogP contribution >= 0.6 is 0 Å². The highest BCUT2D eigenvalue weighted by molar-refractivity contribution is 7.86. The molecule has 13 heteroatoms. The molecule has 1 unspecified atom stereocenters. The predicted molar refractivity (Wildman–Crippen MR) is 84.9 cm³/mol. The Hall–Kier alpha value is -1.80. The van der Waals surface area contributed by atoms with E-state index >= 15 is 0 Å². The quantitative estimate of drug-likeness (QED) is 0.439. The van der Waals surface area contributed by atoms with Gasteiger partial charge in [-0.3, -0.25) is 22.7 Å². The van der Waals surface area contributed by atoms with Crippen LogP contribution in [0.15, 0.2) is 34.0 Å². The largest absolute Gasteiger partial charge is 0.345 e. The molecule has 0 bridgehead atoms. The molecule has 2 rings (SSSR count). The summed E-state index contributed by atoms with van der Waals surface area (Å²) in [4.78, 5) is 25.0. The Bertz CT molecular complexity index is 990. The zero-order valence-corrected chi connectivity index (χ0v) is 14.9. The standard InChI is InChI=1S/C12H16N2O9S2/c1-7-10(23-25(3,19)20)8(6-21-24(2,17)18)22-11(7)14-5-4-9(15)13-12(14)16/h4-5,8,10-11H,1,6H2,2-3H3,(H,13,15,16)/t8?,10-,11+/m0/s1. The average molecular weight is 396 g/mol. The van der Waals surface area contributed by atoms with E-state index in [9.17, 15) is 26.4 Å². The molecule has 0 saturated carbocycles. The molecule has 0 spiro atoms. The fraction of sp³-hybridized carbons (Fsp3) is 0.500. The minimum atomic E-state index is -3.94. The van der Waals surface area contributed by atoms with E-state index in [1.807, 2.05) is 4.98 Å². The SMILES string of the molecule is C=C1[C@H](n2ccc(=O)[nH]c2=O)OC(COS(C)(=O)=O)[C@H]1OS(C)(=O)=O. The molecule has 1 aromatic rings. The summed E-state index contributed by atoms with van der Waals surface area (Å²) in [6.07, 6.45) is -0.874. The summed E-state index contributed by atoms with van der Waals surface area (Å²) in [7, 11) is -7.76. The molecule has 11 nitrogen and oxygen atoms in total. The van der Waals surface area contributed by atoms with Crippen LogP contribution < -0.4 is 11.2 Å². The minimum Gasteiger partial charge on any atom is -0.345 e. The van der Waals surface area contributed by atoms with E-state index in [0.29, 0.717) is 0 Å². The molecular weight excluding hydrogens is 380 g/mol. The predicted octanol–water partition coefficient (Wildman–Crippen LogP) is -1.69. The van der Waals surface area contributed by atoms with Crippen molar-refractivity contribution in [1.29, 1.82) is 0 Å². The summed E-state index contributed by atoms with van der Waals surface area (Å²) in [6, 6.07) is 1.06. The topological polar surface area (TPSA) is 151 Å². The van der Waals surface area contributed by atoms with Crippen LogP contribution in [0.2, 0.25) is 0 Å². The summed E-state index contributed by atoms with van der Waals surface area (Å²) in [5.41, 5.74) is -1.41. The zero-order chi connectivity index (χ0) is 19.0. The van der Waals surface area contributed by atoms with Gasteiger partial charge in [0.15, 0.2) is 6.23 Å². The van der Waals surface area contributed by atoms with Crippen molar-refractivity contribution >= 4 is 20.2 Å². The molecule has 1 saturated heterocycles. The number of ether oxygens (including phenoxy) is 1. The maximum Gasteiger partial charge on any atom is 0.330 e. The number of H-pyrrole nitrogens is 1. The smallest absolute Gasteiger partial charge is 0.330 e. The van der Waals surface area contributed by atoms with Gasteiger partial charge in [-0.25, -0.2) is 4.79 Å². The summed E-state index contributed by atoms with van der Waals surface area (Å²) in [5.74, 6) is 0. The van der Waals surface area contributed by atoms with Gasteiger partial charge in [0.2, 0.25) is 0 Å². The molecule has 1 N–H and O–H groups in total. The van der Waals surface area contributed by atoms with Gasteiger partial charge in [-0.1, -0.05) is 6.58 Å². The van der Waals surface area contributed by atoms with Gasteiger partial charge in [-0.05, 0) is 0 Å². The van der Waals surface area contributed by atoms with Crippen molar-refractivity contribution in [3.63, 3.8) is 0 Å². The second-order valence-electron chi connectivity index (χ2n) is 5.33. The van der Waals surface area contributed by atoms with E-state index in [0.717, 1.165) is 29.3 Å². The molecule has 1 aliphatic rings. The van der Waals surface area contributed by atoms with Crippen LogP contribution in [-0.2, 0) is 33.3 Å². The number of rotatable bonds is 6. The van der Waals surface area contributed by atoms with Gasteiger partial charge in [0.25, 0.3) is 25.8 Å². The van der Waals surface area contributed by atoms with Crippen LogP contribution in [0.3, 0.4) is 0 Å². The zero-order valence-electron chi connectivity index (χ0n) is 13.2. The summed E-state index contributed by atoms with van der Waals surface area (Å²) < 4.78 is 61.2. The lowest BCUT2D eigenvalue weighted by molar-refractivity contribution is -0.0330. The van der Waals surface area contributed by atoms with E-state index < -0.39 is 56.5 Å². The minimum absolute atomic E-state index is 0.0432.